The van der Waals surface area contributed by atoms with E-state index in [0.717, 1.165) is 12.8 Å². The number of nitrogens with one attached hydrogen (secondary N) is 1. The molecule has 0 radical (unpaired) electrons. The lowest BCUT2D eigenvalue weighted by Crippen LogP contribution is -2.50. The second kappa shape index (κ2) is 5.17. The topological polar surface area (TPSA) is 38.0 Å². The van der Waals surface area contributed by atoms with Gasteiger partial charge in [-0.3, -0.25) is 5.32 Å². The minimum Gasteiger partial charge on any atom is -0.329 e. The minimum absolute atomic E-state index is 0.0619. The summed E-state index contributed by atoms with van der Waals surface area (Å²) in [7, 11) is 0. The van der Waals surface area contributed by atoms with E-state index in [1.807, 2.05) is 0 Å². The molecule has 0 aliphatic rings. The average molecular weight is 154 g/mol. The van der Waals surface area contributed by atoms with Crippen molar-refractivity contribution in [1.29, 1.82) is 0 Å². The zero-order chi connectivity index (χ0) is 8.74. The van der Waals surface area contributed by atoms with Crippen molar-refractivity contribution in [3.63, 3.8) is 0 Å². The number of hydrogen-bond acceptors (Lipinski definition) is 2. The molecule has 11 heavy (non-hydrogen) atoms. The normalized spacial score (nSPS) is 11.1. The number of terminal acetylenes is 1. The molecule has 0 unspecified atom stereocenters. The number of rotatable bonds is 5. The Morgan fingerprint density at radius 1 is 1.45 bits per heavy atom. The van der Waals surface area contributed by atoms with Gasteiger partial charge in [-0.1, -0.05) is 19.8 Å². The third-order valence-electron chi connectivity index (χ3n) is 2.31. The molecule has 0 amide bonds. The van der Waals surface area contributed by atoms with Crippen LogP contribution < -0.4 is 11.1 Å². The maximum Gasteiger partial charge on any atom is 0.0578 e. The van der Waals surface area contributed by atoms with Crippen molar-refractivity contribution in [2.75, 3.05) is 13.1 Å². The highest BCUT2D eigenvalue weighted by molar-refractivity contribution is 4.94. The molecule has 2 heteroatoms. The van der Waals surface area contributed by atoms with E-state index in [4.69, 9.17) is 12.2 Å². The summed E-state index contributed by atoms with van der Waals surface area (Å²) in [5.74, 6) is 2.56. The molecule has 0 aromatic rings. The first-order valence-electron chi connectivity index (χ1n) is 4.13. The summed E-state index contributed by atoms with van der Waals surface area (Å²) in [5.41, 5.74) is 5.70. The fraction of sp³-hybridized carbons (Fsp3) is 0.778. The van der Waals surface area contributed by atoms with Crippen LogP contribution in [0, 0.1) is 12.3 Å². The van der Waals surface area contributed by atoms with Gasteiger partial charge in [0.2, 0.25) is 0 Å². The summed E-state index contributed by atoms with van der Waals surface area (Å²) in [4.78, 5) is 0. The molecule has 0 heterocycles. The quantitative estimate of drug-likeness (QED) is 0.573. The Hall–Kier alpha value is -0.520. The van der Waals surface area contributed by atoms with Crippen LogP contribution in [0.1, 0.15) is 26.7 Å². The maximum absolute atomic E-state index is 5.64. The van der Waals surface area contributed by atoms with Crippen LogP contribution in [0.3, 0.4) is 0 Å². The first kappa shape index (κ1) is 10.5. The smallest absolute Gasteiger partial charge is 0.0578 e. The summed E-state index contributed by atoms with van der Waals surface area (Å²) in [5, 5.41) is 3.27. The molecule has 0 aromatic carbocycles. The number of nitrogens with two attached hydrogens (primary N) is 1. The van der Waals surface area contributed by atoms with Crippen molar-refractivity contribution in [3.8, 4) is 12.3 Å². The van der Waals surface area contributed by atoms with Gasteiger partial charge in [-0.2, -0.15) is 0 Å². The first-order valence-corrected chi connectivity index (χ1v) is 4.13. The Morgan fingerprint density at radius 2 is 2.00 bits per heavy atom. The largest absolute Gasteiger partial charge is 0.329 e. The highest BCUT2D eigenvalue weighted by atomic mass is 15.0. The lowest BCUT2D eigenvalue weighted by Gasteiger charge is -2.30. The lowest BCUT2D eigenvalue weighted by atomic mass is 9.93. The second-order valence-corrected chi connectivity index (χ2v) is 2.75. The van der Waals surface area contributed by atoms with Crippen LogP contribution in [-0.2, 0) is 0 Å². The Kier molecular flexibility index (Phi) is 4.93. The molecule has 0 aliphatic carbocycles. The van der Waals surface area contributed by atoms with Crippen LogP contribution in [0.15, 0.2) is 0 Å². The van der Waals surface area contributed by atoms with Gasteiger partial charge in [0.05, 0.1) is 6.54 Å². The molecular weight excluding hydrogens is 136 g/mol. The first-order chi connectivity index (χ1) is 5.24. The van der Waals surface area contributed by atoms with E-state index >= 15 is 0 Å². The highest BCUT2D eigenvalue weighted by Gasteiger charge is 2.22. The lowest BCUT2D eigenvalue weighted by molar-refractivity contribution is 0.325. The van der Waals surface area contributed by atoms with Crippen molar-refractivity contribution in [3.05, 3.63) is 0 Å². The minimum atomic E-state index is 0.0619. The summed E-state index contributed by atoms with van der Waals surface area (Å²) >= 11 is 0. The van der Waals surface area contributed by atoms with Crippen molar-refractivity contribution in [1.82, 2.24) is 5.32 Å². The van der Waals surface area contributed by atoms with Crippen LogP contribution in [0.5, 0.6) is 0 Å². The molecule has 64 valence electrons. The van der Waals surface area contributed by atoms with Crippen LogP contribution in [0.25, 0.3) is 0 Å². The maximum atomic E-state index is 5.64. The monoisotopic (exact) mass is 154 g/mol. The Labute approximate surface area is 69.5 Å². The zero-order valence-electron chi connectivity index (χ0n) is 7.48. The molecule has 0 rings (SSSR count). The van der Waals surface area contributed by atoms with E-state index in [-0.39, 0.29) is 5.54 Å². The van der Waals surface area contributed by atoms with E-state index in [9.17, 15) is 0 Å². The van der Waals surface area contributed by atoms with Gasteiger partial charge in [-0.05, 0) is 12.8 Å². The fourth-order valence-corrected chi connectivity index (χ4v) is 1.10. The van der Waals surface area contributed by atoms with Gasteiger partial charge in [0.25, 0.3) is 0 Å². The molecule has 0 saturated carbocycles. The van der Waals surface area contributed by atoms with Gasteiger partial charge in [0.1, 0.15) is 0 Å². The summed E-state index contributed by atoms with van der Waals surface area (Å²) in [6.45, 7) is 5.51. The van der Waals surface area contributed by atoms with Gasteiger partial charge in [0, 0.05) is 12.1 Å². The molecule has 0 aromatic heterocycles. The molecule has 0 saturated heterocycles. The van der Waals surface area contributed by atoms with Crippen molar-refractivity contribution < 1.29 is 0 Å². The zero-order valence-corrected chi connectivity index (χ0v) is 7.48. The predicted octanol–water partition coefficient (Wildman–Crippen LogP) is 0.727. The molecule has 3 N–H and O–H groups in total. The van der Waals surface area contributed by atoms with Gasteiger partial charge in [-0.25, -0.2) is 0 Å². The average Bonchev–Trinajstić information content (AvgIpc) is 2.08. The molecule has 0 atom stereocenters. The van der Waals surface area contributed by atoms with Crippen molar-refractivity contribution in [2.24, 2.45) is 5.73 Å². The van der Waals surface area contributed by atoms with E-state index in [1.165, 1.54) is 0 Å². The summed E-state index contributed by atoms with van der Waals surface area (Å²) < 4.78 is 0. The fourth-order valence-electron chi connectivity index (χ4n) is 1.10. The summed E-state index contributed by atoms with van der Waals surface area (Å²) in [6.07, 6.45) is 7.21. The molecule has 0 spiro atoms. The van der Waals surface area contributed by atoms with Gasteiger partial charge in [0.15, 0.2) is 0 Å². The van der Waals surface area contributed by atoms with Gasteiger partial charge >= 0.3 is 0 Å². The Balaban J connectivity index is 3.96. The van der Waals surface area contributed by atoms with E-state index in [2.05, 4.69) is 25.1 Å². The van der Waals surface area contributed by atoms with Gasteiger partial charge in [-0.15, -0.1) is 6.42 Å². The summed E-state index contributed by atoms with van der Waals surface area (Å²) in [6, 6.07) is 0. The molecular formula is C9H18N2. The van der Waals surface area contributed by atoms with Crippen LogP contribution in [0.2, 0.25) is 0 Å². The van der Waals surface area contributed by atoms with E-state index < -0.39 is 0 Å². The molecule has 0 fully saturated rings. The SMILES string of the molecule is C#CCNC(CC)(CC)CN. The van der Waals surface area contributed by atoms with E-state index in [1.54, 1.807) is 0 Å². The van der Waals surface area contributed by atoms with Crippen molar-refractivity contribution >= 4 is 0 Å². The molecule has 0 aliphatic heterocycles. The molecule has 0 bridgehead atoms. The highest BCUT2D eigenvalue weighted by Crippen LogP contribution is 2.11. The van der Waals surface area contributed by atoms with Crippen LogP contribution in [0.4, 0.5) is 0 Å². The number of hydrogen-bond donors (Lipinski definition) is 2. The van der Waals surface area contributed by atoms with Gasteiger partial charge < -0.3 is 5.73 Å². The van der Waals surface area contributed by atoms with Crippen LogP contribution >= 0.6 is 0 Å². The Morgan fingerprint density at radius 3 is 2.27 bits per heavy atom. The third kappa shape index (κ3) is 2.92. The van der Waals surface area contributed by atoms with Crippen molar-refractivity contribution in [2.45, 2.75) is 32.2 Å². The second-order valence-electron chi connectivity index (χ2n) is 2.75. The van der Waals surface area contributed by atoms with Crippen LogP contribution in [-0.4, -0.2) is 18.6 Å². The third-order valence-corrected chi connectivity index (χ3v) is 2.31. The predicted molar refractivity (Wildman–Crippen MR) is 49.2 cm³/mol. The Bertz CT molecular complexity index is 123. The molecule has 2 nitrogen and oxygen atoms in total. The van der Waals surface area contributed by atoms with E-state index in [0.29, 0.717) is 13.1 Å². The standard InChI is InChI=1S/C9H18N2/c1-4-7-11-9(5-2,6-3)8-10/h1,11H,5-8,10H2,2-3H3.